The maximum Gasteiger partial charge on any atom is 0.338 e. The molecule has 0 atom stereocenters. The Balaban J connectivity index is 1.81. The van der Waals surface area contributed by atoms with Crippen molar-refractivity contribution in [3.8, 4) is 0 Å². The number of benzene rings is 3. The molecule has 3 aromatic carbocycles. The summed E-state index contributed by atoms with van der Waals surface area (Å²) < 4.78 is 5.33. The van der Waals surface area contributed by atoms with E-state index >= 15 is 0 Å². The summed E-state index contributed by atoms with van der Waals surface area (Å²) in [4.78, 5) is 12.6. The monoisotopic (exact) mass is 350 g/mol. The van der Waals surface area contributed by atoms with Gasteiger partial charge in [-0.25, -0.2) is 4.79 Å². The van der Waals surface area contributed by atoms with Crippen LogP contribution in [0.4, 0.5) is 0 Å². The second kappa shape index (κ2) is 6.10. The average Bonchev–Trinajstić information content (AvgIpc) is 3.29. The van der Waals surface area contributed by atoms with E-state index in [0.29, 0.717) is 12.2 Å². The molecule has 0 amide bonds. The van der Waals surface area contributed by atoms with Gasteiger partial charge in [-0.15, -0.1) is 0 Å². The highest BCUT2D eigenvalue weighted by atomic mass is 16.5. The van der Waals surface area contributed by atoms with Gasteiger partial charge in [-0.2, -0.15) is 0 Å². The highest BCUT2D eigenvalue weighted by Gasteiger charge is 2.19. The van der Waals surface area contributed by atoms with E-state index in [1.165, 1.54) is 16.7 Å². The topological polar surface area (TPSA) is 26.3 Å². The minimum Gasteiger partial charge on any atom is -0.462 e. The lowest BCUT2D eigenvalue weighted by Gasteiger charge is -2.13. The van der Waals surface area contributed by atoms with Crippen LogP contribution in [0.25, 0.3) is 27.1 Å². The van der Waals surface area contributed by atoms with Crippen LogP contribution in [0.1, 0.15) is 22.8 Å². The van der Waals surface area contributed by atoms with Crippen molar-refractivity contribution >= 4 is 33.1 Å². The molecular weight excluding hydrogens is 332 g/mol. The molecule has 2 aliphatic carbocycles. The van der Waals surface area contributed by atoms with E-state index in [9.17, 15) is 4.79 Å². The van der Waals surface area contributed by atoms with E-state index in [2.05, 4.69) is 54.6 Å². The molecule has 0 saturated carbocycles. The summed E-state index contributed by atoms with van der Waals surface area (Å²) in [5.41, 5.74) is 5.43. The first-order chi connectivity index (χ1) is 13.3. The number of carbonyl (C=O) groups excluding carboxylic acids is 1. The minimum atomic E-state index is -0.272. The van der Waals surface area contributed by atoms with Gasteiger partial charge in [0, 0.05) is 0 Å². The molecule has 0 N–H and O–H groups in total. The molecule has 0 fully saturated rings. The Hall–Kier alpha value is -3.39. The summed E-state index contributed by atoms with van der Waals surface area (Å²) in [7, 11) is 0. The summed E-state index contributed by atoms with van der Waals surface area (Å²) in [6.07, 6.45) is 10.8. The SMILES string of the molecule is CCOC(=O)c1cc2c(C3=CC4=CC=CC4=C3)cccc2c2ccccc12. The number of hydrogen-bond acceptors (Lipinski definition) is 2. The van der Waals surface area contributed by atoms with Gasteiger partial charge in [0.15, 0.2) is 0 Å². The van der Waals surface area contributed by atoms with Gasteiger partial charge in [0.05, 0.1) is 12.2 Å². The van der Waals surface area contributed by atoms with E-state index in [0.717, 1.165) is 27.1 Å². The van der Waals surface area contributed by atoms with Crippen molar-refractivity contribution in [2.24, 2.45) is 0 Å². The molecule has 0 saturated heterocycles. The summed E-state index contributed by atoms with van der Waals surface area (Å²) in [6, 6.07) is 16.4. The number of fused-ring (bicyclic) bond motifs is 4. The van der Waals surface area contributed by atoms with Crippen LogP contribution in [-0.2, 0) is 4.74 Å². The Kier molecular flexibility index (Phi) is 3.58. The number of hydrogen-bond donors (Lipinski definition) is 0. The maximum atomic E-state index is 12.6. The molecular formula is C25H18O2. The molecule has 2 nitrogen and oxygen atoms in total. The van der Waals surface area contributed by atoms with Gasteiger partial charge < -0.3 is 4.74 Å². The largest absolute Gasteiger partial charge is 0.462 e. The predicted octanol–water partition coefficient (Wildman–Crippen LogP) is 5.99. The van der Waals surface area contributed by atoms with Crippen LogP contribution in [0.15, 0.2) is 90.1 Å². The van der Waals surface area contributed by atoms with Crippen molar-refractivity contribution in [2.75, 3.05) is 6.61 Å². The Morgan fingerprint density at radius 1 is 0.852 bits per heavy atom. The van der Waals surface area contributed by atoms with Gasteiger partial charge >= 0.3 is 5.97 Å². The molecule has 2 heteroatoms. The molecule has 0 aliphatic heterocycles. The second-order valence-corrected chi connectivity index (χ2v) is 6.77. The molecule has 5 rings (SSSR count). The normalized spacial score (nSPS) is 14.9. The summed E-state index contributed by atoms with van der Waals surface area (Å²) in [6.45, 7) is 2.20. The van der Waals surface area contributed by atoms with Gasteiger partial charge in [0.2, 0.25) is 0 Å². The Morgan fingerprint density at radius 2 is 1.59 bits per heavy atom. The quantitative estimate of drug-likeness (QED) is 0.428. The van der Waals surface area contributed by atoms with Gasteiger partial charge in [-0.1, -0.05) is 60.7 Å². The second-order valence-electron chi connectivity index (χ2n) is 6.77. The van der Waals surface area contributed by atoms with Crippen LogP contribution in [0, 0.1) is 0 Å². The standard InChI is InChI=1S/C25H18O2/c1-2-27-25(26)24-15-23-19(18-13-16-7-5-8-17(16)14-18)11-6-12-21(23)20-9-3-4-10-22(20)24/h3-15H,2H2,1H3. The minimum absolute atomic E-state index is 0.272. The zero-order valence-electron chi connectivity index (χ0n) is 15.0. The molecule has 0 unspecified atom stereocenters. The van der Waals surface area contributed by atoms with Crippen LogP contribution in [0.2, 0.25) is 0 Å². The van der Waals surface area contributed by atoms with E-state index in [1.807, 2.05) is 31.2 Å². The highest BCUT2D eigenvalue weighted by Crippen LogP contribution is 2.38. The van der Waals surface area contributed by atoms with Crippen LogP contribution in [-0.4, -0.2) is 12.6 Å². The van der Waals surface area contributed by atoms with Crippen LogP contribution < -0.4 is 0 Å². The van der Waals surface area contributed by atoms with Gasteiger partial charge in [-0.3, -0.25) is 0 Å². The zero-order chi connectivity index (χ0) is 18.4. The lowest BCUT2D eigenvalue weighted by Crippen LogP contribution is -2.05. The van der Waals surface area contributed by atoms with Gasteiger partial charge in [0.1, 0.15) is 0 Å². The number of allylic oxidation sites excluding steroid dienone is 8. The van der Waals surface area contributed by atoms with E-state index in [4.69, 9.17) is 4.74 Å². The first-order valence-corrected chi connectivity index (χ1v) is 9.20. The van der Waals surface area contributed by atoms with Crippen molar-refractivity contribution < 1.29 is 9.53 Å². The molecule has 130 valence electrons. The third-order valence-corrected chi connectivity index (χ3v) is 5.22. The Morgan fingerprint density at radius 3 is 2.41 bits per heavy atom. The van der Waals surface area contributed by atoms with Gasteiger partial charge in [0.25, 0.3) is 0 Å². The highest BCUT2D eigenvalue weighted by molar-refractivity contribution is 6.18. The molecule has 0 heterocycles. The maximum absolute atomic E-state index is 12.6. The molecule has 0 bridgehead atoms. The lowest BCUT2D eigenvalue weighted by molar-refractivity contribution is 0.0529. The number of esters is 1. The van der Waals surface area contributed by atoms with E-state index in [-0.39, 0.29) is 5.97 Å². The molecule has 0 aromatic heterocycles. The third kappa shape index (κ3) is 2.45. The first kappa shape index (κ1) is 15.8. The van der Waals surface area contributed by atoms with Gasteiger partial charge in [-0.05, 0) is 69.0 Å². The third-order valence-electron chi connectivity index (χ3n) is 5.22. The molecule has 27 heavy (non-hydrogen) atoms. The fourth-order valence-corrected chi connectivity index (χ4v) is 4.00. The first-order valence-electron chi connectivity index (χ1n) is 9.20. The summed E-state index contributed by atoms with van der Waals surface area (Å²) >= 11 is 0. The molecule has 0 spiro atoms. The zero-order valence-corrected chi connectivity index (χ0v) is 15.0. The van der Waals surface area contributed by atoms with E-state index in [1.54, 1.807) is 0 Å². The average molecular weight is 350 g/mol. The van der Waals surface area contributed by atoms with Crippen molar-refractivity contribution in [3.63, 3.8) is 0 Å². The number of ether oxygens (including phenoxy) is 1. The Bertz CT molecular complexity index is 1240. The van der Waals surface area contributed by atoms with Crippen LogP contribution in [0.3, 0.4) is 0 Å². The fourth-order valence-electron chi connectivity index (χ4n) is 4.00. The fraction of sp³-hybridized carbons (Fsp3) is 0.0800. The summed E-state index contributed by atoms with van der Waals surface area (Å²) in [5.74, 6) is -0.272. The molecule has 2 aliphatic rings. The number of rotatable bonds is 3. The number of carbonyl (C=O) groups is 1. The predicted molar refractivity (Wildman–Crippen MR) is 111 cm³/mol. The summed E-state index contributed by atoms with van der Waals surface area (Å²) in [5, 5.41) is 4.23. The Labute approximate surface area is 157 Å². The van der Waals surface area contributed by atoms with Crippen LogP contribution in [0.5, 0.6) is 0 Å². The van der Waals surface area contributed by atoms with E-state index < -0.39 is 0 Å². The van der Waals surface area contributed by atoms with Crippen molar-refractivity contribution in [3.05, 3.63) is 101 Å². The van der Waals surface area contributed by atoms with Crippen molar-refractivity contribution in [1.29, 1.82) is 0 Å². The van der Waals surface area contributed by atoms with Crippen molar-refractivity contribution in [2.45, 2.75) is 6.92 Å². The van der Waals surface area contributed by atoms with Crippen LogP contribution >= 0.6 is 0 Å². The molecule has 0 radical (unpaired) electrons. The molecule has 3 aromatic rings. The smallest absolute Gasteiger partial charge is 0.338 e. The van der Waals surface area contributed by atoms with Crippen molar-refractivity contribution in [1.82, 2.24) is 0 Å². The lowest BCUT2D eigenvalue weighted by atomic mass is 9.92.